The maximum absolute atomic E-state index is 11.5. The van der Waals surface area contributed by atoms with E-state index in [1.807, 2.05) is 6.92 Å². The Labute approximate surface area is 98.7 Å². The molecule has 0 aliphatic carbocycles. The fourth-order valence-electron chi connectivity index (χ4n) is 1.36. The number of pyridine rings is 1. The van der Waals surface area contributed by atoms with Crippen LogP contribution in [0.4, 0.5) is 5.69 Å². The van der Waals surface area contributed by atoms with Crippen molar-refractivity contribution in [1.82, 2.24) is 4.57 Å². The first-order valence-electron chi connectivity index (χ1n) is 5.04. The Balaban J connectivity index is 2.98. The molecule has 88 valence electrons. The summed E-state index contributed by atoms with van der Waals surface area (Å²) >= 11 is 4.18. The number of hydrogen-bond donors (Lipinski definition) is 1. The lowest BCUT2D eigenvalue weighted by molar-refractivity contribution is -0.385. The highest BCUT2D eigenvalue weighted by molar-refractivity contribution is 7.80. The summed E-state index contributed by atoms with van der Waals surface area (Å²) in [6.07, 6.45) is 2.17. The lowest BCUT2D eigenvalue weighted by Crippen LogP contribution is -2.23. The Morgan fingerprint density at radius 2 is 2.25 bits per heavy atom. The zero-order chi connectivity index (χ0) is 12.1. The molecule has 1 aromatic rings. The van der Waals surface area contributed by atoms with Crippen molar-refractivity contribution in [3.8, 4) is 0 Å². The van der Waals surface area contributed by atoms with E-state index in [2.05, 4.69) is 12.6 Å². The fourth-order valence-corrected chi connectivity index (χ4v) is 1.74. The smallest absolute Gasteiger partial charge is 0.285 e. The van der Waals surface area contributed by atoms with Crippen LogP contribution in [0.15, 0.2) is 23.1 Å². The molecule has 0 radical (unpaired) electrons. The molecule has 1 rings (SSSR count). The summed E-state index contributed by atoms with van der Waals surface area (Å²) in [7, 11) is 0. The number of nitro groups is 1. The molecule has 1 atom stereocenters. The average molecular weight is 242 g/mol. The summed E-state index contributed by atoms with van der Waals surface area (Å²) < 4.78 is 1.38. The van der Waals surface area contributed by atoms with Crippen molar-refractivity contribution < 1.29 is 4.92 Å². The third kappa shape index (κ3) is 3.10. The monoisotopic (exact) mass is 242 g/mol. The lowest BCUT2D eigenvalue weighted by atomic mass is 10.1. The van der Waals surface area contributed by atoms with Crippen LogP contribution in [0.5, 0.6) is 0 Å². The van der Waals surface area contributed by atoms with Crippen LogP contribution in [-0.2, 0) is 6.54 Å². The van der Waals surface area contributed by atoms with Gasteiger partial charge in [-0.2, -0.15) is 12.6 Å². The van der Waals surface area contributed by atoms with Crippen molar-refractivity contribution >= 4 is 18.3 Å². The second-order valence-electron chi connectivity index (χ2n) is 3.59. The van der Waals surface area contributed by atoms with Crippen molar-refractivity contribution in [2.75, 3.05) is 5.75 Å². The van der Waals surface area contributed by atoms with Gasteiger partial charge >= 0.3 is 0 Å². The van der Waals surface area contributed by atoms with Crippen LogP contribution in [-0.4, -0.2) is 15.2 Å². The molecule has 1 aromatic heterocycles. The van der Waals surface area contributed by atoms with E-state index >= 15 is 0 Å². The van der Waals surface area contributed by atoms with E-state index in [9.17, 15) is 14.9 Å². The van der Waals surface area contributed by atoms with E-state index in [1.54, 1.807) is 0 Å². The average Bonchev–Trinajstić information content (AvgIpc) is 2.27. The SMILES string of the molecule is CCC(CS)Cn1cc([N+](=O)[O-])ccc1=O. The Kier molecular flexibility index (Phi) is 4.54. The van der Waals surface area contributed by atoms with Crippen LogP contribution in [0, 0.1) is 16.0 Å². The molecular formula is C10H14N2O3S. The van der Waals surface area contributed by atoms with Gasteiger partial charge < -0.3 is 4.57 Å². The van der Waals surface area contributed by atoms with Gasteiger partial charge in [-0.05, 0) is 11.7 Å². The lowest BCUT2D eigenvalue weighted by Gasteiger charge is -2.13. The van der Waals surface area contributed by atoms with Gasteiger partial charge in [-0.25, -0.2) is 0 Å². The molecule has 0 bridgehead atoms. The molecule has 0 N–H and O–H groups in total. The van der Waals surface area contributed by atoms with Crippen LogP contribution in [0.25, 0.3) is 0 Å². The van der Waals surface area contributed by atoms with Gasteiger partial charge in [0.05, 0.1) is 11.1 Å². The zero-order valence-electron chi connectivity index (χ0n) is 9.00. The Bertz CT molecular complexity index is 426. The molecule has 0 aromatic carbocycles. The molecule has 1 heterocycles. The molecule has 0 spiro atoms. The summed E-state index contributed by atoms with van der Waals surface area (Å²) in [5.74, 6) is 0.911. The van der Waals surface area contributed by atoms with Crippen molar-refractivity contribution in [2.24, 2.45) is 5.92 Å². The van der Waals surface area contributed by atoms with Gasteiger partial charge in [0.15, 0.2) is 0 Å². The zero-order valence-corrected chi connectivity index (χ0v) is 9.89. The van der Waals surface area contributed by atoms with Gasteiger partial charge in [-0.1, -0.05) is 13.3 Å². The Morgan fingerprint density at radius 1 is 1.56 bits per heavy atom. The molecule has 0 fully saturated rings. The van der Waals surface area contributed by atoms with E-state index in [4.69, 9.17) is 0 Å². The third-order valence-corrected chi connectivity index (χ3v) is 2.99. The number of rotatable bonds is 5. The molecular weight excluding hydrogens is 228 g/mol. The normalized spacial score (nSPS) is 12.4. The molecule has 0 aliphatic rings. The minimum absolute atomic E-state index is 0.0615. The molecule has 0 aliphatic heterocycles. The first-order chi connectivity index (χ1) is 7.58. The second kappa shape index (κ2) is 5.69. The van der Waals surface area contributed by atoms with Gasteiger partial charge in [0.25, 0.3) is 11.2 Å². The van der Waals surface area contributed by atoms with E-state index < -0.39 is 4.92 Å². The van der Waals surface area contributed by atoms with Crippen LogP contribution >= 0.6 is 12.6 Å². The Hall–Kier alpha value is -1.30. The van der Waals surface area contributed by atoms with Crippen LogP contribution in [0.1, 0.15) is 13.3 Å². The van der Waals surface area contributed by atoms with Crippen molar-refractivity contribution in [2.45, 2.75) is 19.9 Å². The standard InChI is InChI=1S/C10H14N2O3S/c1-2-8(7-16)5-11-6-9(12(14)15)3-4-10(11)13/h3-4,6,8,16H,2,5,7H2,1H3. The molecule has 0 saturated heterocycles. The predicted molar refractivity (Wildman–Crippen MR) is 65.0 cm³/mol. The van der Waals surface area contributed by atoms with Crippen LogP contribution in [0.2, 0.25) is 0 Å². The first-order valence-corrected chi connectivity index (χ1v) is 5.67. The summed E-state index contributed by atoms with van der Waals surface area (Å²) in [6.45, 7) is 2.48. The predicted octanol–water partition coefficient (Wildman–Crippen LogP) is 1.71. The number of aromatic nitrogens is 1. The van der Waals surface area contributed by atoms with Crippen LogP contribution in [0.3, 0.4) is 0 Å². The summed E-state index contributed by atoms with van der Waals surface area (Å²) in [4.78, 5) is 21.5. The molecule has 5 nitrogen and oxygen atoms in total. The number of thiol groups is 1. The minimum atomic E-state index is -0.502. The van der Waals surface area contributed by atoms with E-state index in [-0.39, 0.29) is 17.2 Å². The molecule has 6 heteroatoms. The third-order valence-electron chi connectivity index (χ3n) is 2.47. The van der Waals surface area contributed by atoms with Gasteiger partial charge in [-0.15, -0.1) is 0 Å². The maximum Gasteiger partial charge on any atom is 0.285 e. The maximum atomic E-state index is 11.5. The van der Waals surface area contributed by atoms with E-state index in [0.29, 0.717) is 12.3 Å². The molecule has 0 amide bonds. The Morgan fingerprint density at radius 3 is 2.75 bits per heavy atom. The van der Waals surface area contributed by atoms with Gasteiger partial charge in [0, 0.05) is 18.7 Å². The van der Waals surface area contributed by atoms with Gasteiger partial charge in [0.2, 0.25) is 0 Å². The van der Waals surface area contributed by atoms with Gasteiger partial charge in [0.1, 0.15) is 0 Å². The number of hydrogen-bond acceptors (Lipinski definition) is 4. The highest BCUT2D eigenvalue weighted by atomic mass is 32.1. The molecule has 1 unspecified atom stereocenters. The van der Waals surface area contributed by atoms with Crippen LogP contribution < -0.4 is 5.56 Å². The highest BCUT2D eigenvalue weighted by Gasteiger charge is 2.10. The summed E-state index contributed by atoms with van der Waals surface area (Å²) in [5, 5.41) is 10.6. The summed E-state index contributed by atoms with van der Waals surface area (Å²) in [5.41, 5.74) is -0.278. The largest absolute Gasteiger partial charge is 0.309 e. The number of nitrogens with zero attached hydrogens (tertiary/aromatic N) is 2. The quantitative estimate of drug-likeness (QED) is 0.485. The van der Waals surface area contributed by atoms with E-state index in [0.717, 1.165) is 6.42 Å². The van der Waals surface area contributed by atoms with E-state index in [1.165, 1.54) is 22.9 Å². The topological polar surface area (TPSA) is 65.1 Å². The van der Waals surface area contributed by atoms with Gasteiger partial charge in [-0.3, -0.25) is 14.9 Å². The van der Waals surface area contributed by atoms with Crippen molar-refractivity contribution in [3.63, 3.8) is 0 Å². The van der Waals surface area contributed by atoms with Crippen molar-refractivity contribution in [1.29, 1.82) is 0 Å². The van der Waals surface area contributed by atoms with Crippen molar-refractivity contribution in [3.05, 3.63) is 38.8 Å². The molecule has 0 saturated carbocycles. The fraction of sp³-hybridized carbons (Fsp3) is 0.500. The first kappa shape index (κ1) is 12.8. The molecule has 16 heavy (non-hydrogen) atoms. The highest BCUT2D eigenvalue weighted by Crippen LogP contribution is 2.11. The minimum Gasteiger partial charge on any atom is -0.309 e. The second-order valence-corrected chi connectivity index (χ2v) is 3.96. The summed E-state index contributed by atoms with van der Waals surface area (Å²) in [6, 6.07) is 2.45.